The summed E-state index contributed by atoms with van der Waals surface area (Å²) in [6.45, 7) is 0. The maximum Gasteiger partial charge on any atom is 0.471 e. The summed E-state index contributed by atoms with van der Waals surface area (Å²) in [4.78, 5) is 21.9. The molecule has 0 aliphatic heterocycles. The molecule has 1 rings (SSSR count). The van der Waals surface area contributed by atoms with Gasteiger partial charge < -0.3 is 15.4 Å². The standard InChI is InChI=1S/C10H15F3N2O3/c1-18-9(17)15-7-5-3-2-4-6(7)14-8(16)10(11,12)13/h6-7H,2-5H2,1H3,(H,14,16)(H,15,17)/t6-,7+/m1/s1. The van der Waals surface area contributed by atoms with Crippen LogP contribution >= 0.6 is 0 Å². The number of hydrogen-bond acceptors (Lipinski definition) is 3. The molecule has 104 valence electrons. The van der Waals surface area contributed by atoms with E-state index in [0.29, 0.717) is 19.3 Å². The van der Waals surface area contributed by atoms with Crippen LogP contribution in [0.1, 0.15) is 25.7 Å². The quantitative estimate of drug-likeness (QED) is 0.794. The van der Waals surface area contributed by atoms with Crippen molar-refractivity contribution in [2.45, 2.75) is 43.9 Å². The predicted octanol–water partition coefficient (Wildman–Crippen LogP) is 1.33. The van der Waals surface area contributed by atoms with Crippen LogP contribution in [0.4, 0.5) is 18.0 Å². The second-order valence-electron chi connectivity index (χ2n) is 4.10. The molecule has 0 aromatic carbocycles. The van der Waals surface area contributed by atoms with Gasteiger partial charge in [-0.25, -0.2) is 4.79 Å². The average molecular weight is 268 g/mol. The lowest BCUT2D eigenvalue weighted by atomic mass is 9.90. The van der Waals surface area contributed by atoms with Crippen molar-refractivity contribution in [2.24, 2.45) is 0 Å². The van der Waals surface area contributed by atoms with Gasteiger partial charge in [-0.05, 0) is 12.8 Å². The van der Waals surface area contributed by atoms with E-state index in [-0.39, 0.29) is 0 Å². The fourth-order valence-corrected chi connectivity index (χ4v) is 1.94. The van der Waals surface area contributed by atoms with Gasteiger partial charge in [0.1, 0.15) is 0 Å². The fourth-order valence-electron chi connectivity index (χ4n) is 1.94. The highest BCUT2D eigenvalue weighted by atomic mass is 19.4. The van der Waals surface area contributed by atoms with Crippen molar-refractivity contribution >= 4 is 12.0 Å². The highest BCUT2D eigenvalue weighted by Gasteiger charge is 2.41. The molecule has 0 bridgehead atoms. The fraction of sp³-hybridized carbons (Fsp3) is 0.800. The van der Waals surface area contributed by atoms with Gasteiger partial charge in [-0.3, -0.25) is 4.79 Å². The number of hydrogen-bond donors (Lipinski definition) is 2. The van der Waals surface area contributed by atoms with Crippen LogP contribution in [0.15, 0.2) is 0 Å². The Hall–Kier alpha value is -1.47. The third-order valence-electron chi connectivity index (χ3n) is 2.83. The molecule has 0 heterocycles. The Kier molecular flexibility index (Phi) is 4.80. The minimum atomic E-state index is -4.91. The highest BCUT2D eigenvalue weighted by molar-refractivity contribution is 5.82. The lowest BCUT2D eigenvalue weighted by molar-refractivity contribution is -0.174. The van der Waals surface area contributed by atoms with Gasteiger partial charge in [0.25, 0.3) is 0 Å². The van der Waals surface area contributed by atoms with Crippen LogP contribution < -0.4 is 10.6 Å². The number of alkyl halides is 3. The summed E-state index contributed by atoms with van der Waals surface area (Å²) in [6, 6.07) is -1.25. The van der Waals surface area contributed by atoms with Gasteiger partial charge in [-0.15, -0.1) is 0 Å². The summed E-state index contributed by atoms with van der Waals surface area (Å²) in [7, 11) is 1.17. The Balaban J connectivity index is 2.59. The Morgan fingerprint density at radius 1 is 1.11 bits per heavy atom. The number of rotatable bonds is 2. The van der Waals surface area contributed by atoms with Gasteiger partial charge in [0, 0.05) is 6.04 Å². The van der Waals surface area contributed by atoms with Crippen LogP contribution in [0.2, 0.25) is 0 Å². The van der Waals surface area contributed by atoms with Crippen LogP contribution in [0.3, 0.4) is 0 Å². The first-order valence-corrected chi connectivity index (χ1v) is 5.56. The van der Waals surface area contributed by atoms with E-state index in [1.807, 2.05) is 5.32 Å². The number of carbonyl (C=O) groups excluding carboxylic acids is 2. The molecule has 18 heavy (non-hydrogen) atoms. The van der Waals surface area contributed by atoms with E-state index < -0.39 is 30.3 Å². The first-order chi connectivity index (χ1) is 8.34. The maximum absolute atomic E-state index is 12.1. The zero-order valence-electron chi connectivity index (χ0n) is 9.84. The average Bonchev–Trinajstić information content (AvgIpc) is 2.30. The molecule has 0 spiro atoms. The Labute approximate surface area is 102 Å². The van der Waals surface area contributed by atoms with Crippen molar-refractivity contribution in [3.63, 3.8) is 0 Å². The van der Waals surface area contributed by atoms with Crippen molar-refractivity contribution in [1.29, 1.82) is 0 Å². The summed E-state index contributed by atoms with van der Waals surface area (Å²) in [6.07, 6.45) is -3.22. The van der Waals surface area contributed by atoms with E-state index in [2.05, 4.69) is 10.1 Å². The van der Waals surface area contributed by atoms with Gasteiger partial charge in [0.2, 0.25) is 0 Å². The summed E-state index contributed by atoms with van der Waals surface area (Å²) in [5, 5.41) is 4.34. The van der Waals surface area contributed by atoms with Crippen molar-refractivity contribution < 1.29 is 27.5 Å². The third-order valence-corrected chi connectivity index (χ3v) is 2.83. The molecule has 2 amide bonds. The van der Waals surface area contributed by atoms with E-state index in [1.54, 1.807) is 0 Å². The lowest BCUT2D eigenvalue weighted by Gasteiger charge is -2.32. The largest absolute Gasteiger partial charge is 0.471 e. The van der Waals surface area contributed by atoms with Crippen LogP contribution in [0, 0.1) is 0 Å². The van der Waals surface area contributed by atoms with E-state index in [9.17, 15) is 22.8 Å². The Bertz CT molecular complexity index is 320. The molecule has 0 radical (unpaired) electrons. The number of carbonyl (C=O) groups is 2. The first kappa shape index (κ1) is 14.6. The summed E-state index contributed by atoms with van der Waals surface area (Å²) in [5.41, 5.74) is 0. The zero-order valence-corrected chi connectivity index (χ0v) is 9.84. The summed E-state index contributed by atoms with van der Waals surface area (Å²) >= 11 is 0. The molecule has 2 N–H and O–H groups in total. The normalized spacial score (nSPS) is 24.2. The molecule has 1 fully saturated rings. The van der Waals surface area contributed by atoms with E-state index in [1.165, 1.54) is 7.11 Å². The van der Waals surface area contributed by atoms with Crippen molar-refractivity contribution in [1.82, 2.24) is 10.6 Å². The number of ether oxygens (including phenoxy) is 1. The topological polar surface area (TPSA) is 67.4 Å². The van der Waals surface area contributed by atoms with Crippen LogP contribution in [0.25, 0.3) is 0 Å². The molecule has 1 aliphatic carbocycles. The minimum absolute atomic E-state index is 0.399. The van der Waals surface area contributed by atoms with E-state index in [4.69, 9.17) is 0 Å². The van der Waals surface area contributed by atoms with Crippen molar-refractivity contribution in [2.75, 3.05) is 7.11 Å². The molecule has 0 saturated heterocycles. The smallest absolute Gasteiger partial charge is 0.453 e. The van der Waals surface area contributed by atoms with Crippen LogP contribution in [0.5, 0.6) is 0 Å². The molecule has 1 saturated carbocycles. The number of amides is 2. The number of methoxy groups -OCH3 is 1. The maximum atomic E-state index is 12.1. The van der Waals surface area contributed by atoms with E-state index >= 15 is 0 Å². The zero-order chi connectivity index (χ0) is 13.8. The number of alkyl carbamates (subject to hydrolysis) is 1. The van der Waals surface area contributed by atoms with Gasteiger partial charge in [-0.2, -0.15) is 13.2 Å². The lowest BCUT2D eigenvalue weighted by Crippen LogP contribution is -2.55. The third kappa shape index (κ3) is 4.08. The number of nitrogens with one attached hydrogen (secondary N) is 2. The van der Waals surface area contributed by atoms with Gasteiger partial charge >= 0.3 is 18.2 Å². The van der Waals surface area contributed by atoms with Gasteiger partial charge in [0.15, 0.2) is 0 Å². The Morgan fingerprint density at radius 2 is 1.61 bits per heavy atom. The van der Waals surface area contributed by atoms with Crippen LogP contribution in [-0.2, 0) is 9.53 Å². The Morgan fingerprint density at radius 3 is 2.06 bits per heavy atom. The first-order valence-electron chi connectivity index (χ1n) is 5.56. The predicted molar refractivity (Wildman–Crippen MR) is 55.8 cm³/mol. The van der Waals surface area contributed by atoms with Gasteiger partial charge in [-0.1, -0.05) is 12.8 Å². The van der Waals surface area contributed by atoms with Crippen LogP contribution in [-0.4, -0.2) is 37.4 Å². The molecular weight excluding hydrogens is 253 g/mol. The highest BCUT2D eigenvalue weighted by Crippen LogP contribution is 2.21. The second-order valence-corrected chi connectivity index (χ2v) is 4.10. The number of halogens is 3. The second kappa shape index (κ2) is 5.92. The molecule has 0 aromatic rings. The minimum Gasteiger partial charge on any atom is -0.453 e. The molecule has 2 atom stereocenters. The molecule has 5 nitrogen and oxygen atoms in total. The SMILES string of the molecule is COC(=O)N[C@H]1CCCC[C@H]1NC(=O)C(F)(F)F. The summed E-state index contributed by atoms with van der Waals surface area (Å²) in [5.74, 6) is -1.98. The van der Waals surface area contributed by atoms with Gasteiger partial charge in [0.05, 0.1) is 13.2 Å². The molecule has 1 aliphatic rings. The molecular formula is C10H15F3N2O3. The van der Waals surface area contributed by atoms with E-state index in [0.717, 1.165) is 6.42 Å². The van der Waals surface area contributed by atoms with Crippen molar-refractivity contribution in [3.8, 4) is 0 Å². The monoisotopic (exact) mass is 268 g/mol. The molecule has 0 unspecified atom stereocenters. The van der Waals surface area contributed by atoms with Crippen molar-refractivity contribution in [3.05, 3.63) is 0 Å². The molecule has 8 heteroatoms. The molecule has 0 aromatic heterocycles. The summed E-state index contributed by atoms with van der Waals surface area (Å²) < 4.78 is 40.8.